The summed E-state index contributed by atoms with van der Waals surface area (Å²) in [7, 11) is 0. The number of nitrogens with two attached hydrogens (primary N) is 1. The smallest absolute Gasteiger partial charge is 0.313 e. The van der Waals surface area contributed by atoms with Gasteiger partial charge >= 0.3 is 5.97 Å². The number of aromatic nitrogens is 2. The Morgan fingerprint density at radius 2 is 2.53 bits per heavy atom. The van der Waals surface area contributed by atoms with Gasteiger partial charge in [0.1, 0.15) is 5.92 Å². The second-order valence-electron chi connectivity index (χ2n) is 3.49. The highest BCUT2D eigenvalue weighted by atomic mass is 32.2. The summed E-state index contributed by atoms with van der Waals surface area (Å²) >= 11 is 1.66. The molecule has 1 aliphatic heterocycles. The van der Waals surface area contributed by atoms with Crippen molar-refractivity contribution in [1.29, 1.82) is 0 Å². The van der Waals surface area contributed by atoms with E-state index in [9.17, 15) is 4.79 Å². The number of nitrogens with zero attached hydrogens (tertiary/aromatic N) is 2. The maximum Gasteiger partial charge on any atom is 0.313 e. The first kappa shape index (κ1) is 10.5. The second-order valence-corrected chi connectivity index (χ2v) is 4.55. The summed E-state index contributed by atoms with van der Waals surface area (Å²) in [6.07, 6.45) is 0. The Bertz CT molecular complexity index is 402. The fourth-order valence-electron chi connectivity index (χ4n) is 1.88. The molecule has 2 rings (SSSR count). The quantitative estimate of drug-likeness (QED) is 0.782. The van der Waals surface area contributed by atoms with Crippen molar-refractivity contribution < 1.29 is 9.90 Å². The van der Waals surface area contributed by atoms with Crippen molar-refractivity contribution in [3.05, 3.63) is 11.4 Å². The third-order valence-corrected chi connectivity index (χ3v) is 3.52. The average molecular weight is 227 g/mol. The first-order chi connectivity index (χ1) is 7.15. The van der Waals surface area contributed by atoms with Gasteiger partial charge < -0.3 is 15.4 Å². The van der Waals surface area contributed by atoms with Gasteiger partial charge in [0.05, 0.1) is 11.4 Å². The molecule has 3 N–H and O–H groups in total. The van der Waals surface area contributed by atoms with Gasteiger partial charge in [-0.1, -0.05) is 11.8 Å². The minimum absolute atomic E-state index is 0.117. The summed E-state index contributed by atoms with van der Waals surface area (Å²) in [5.74, 6) is -0.544. The van der Waals surface area contributed by atoms with Crippen molar-refractivity contribution in [3.63, 3.8) is 0 Å². The van der Waals surface area contributed by atoms with Crippen LogP contribution in [0, 0.1) is 6.92 Å². The molecule has 0 aliphatic carbocycles. The summed E-state index contributed by atoms with van der Waals surface area (Å²) in [5.41, 5.74) is 7.05. The molecule has 0 radical (unpaired) electrons. The van der Waals surface area contributed by atoms with Crippen LogP contribution in [-0.2, 0) is 11.3 Å². The zero-order valence-corrected chi connectivity index (χ0v) is 9.25. The molecule has 82 valence electrons. The third kappa shape index (κ3) is 1.63. The van der Waals surface area contributed by atoms with E-state index in [2.05, 4.69) is 4.98 Å². The highest BCUT2D eigenvalue weighted by Gasteiger charge is 2.28. The highest BCUT2D eigenvalue weighted by molar-refractivity contribution is 7.99. The lowest BCUT2D eigenvalue weighted by Gasteiger charge is -2.12. The van der Waals surface area contributed by atoms with Crippen molar-refractivity contribution in [2.75, 3.05) is 12.3 Å². The summed E-state index contributed by atoms with van der Waals surface area (Å²) in [6.45, 7) is 2.79. The van der Waals surface area contributed by atoms with Gasteiger partial charge in [0.25, 0.3) is 0 Å². The fraction of sp³-hybridized carbons (Fsp3) is 0.556. The van der Waals surface area contributed by atoms with E-state index >= 15 is 0 Å². The van der Waals surface area contributed by atoms with E-state index in [0.29, 0.717) is 0 Å². The molecule has 0 aromatic carbocycles. The molecule has 1 aliphatic rings. The fourth-order valence-corrected chi connectivity index (χ4v) is 2.89. The van der Waals surface area contributed by atoms with Gasteiger partial charge in [-0.15, -0.1) is 0 Å². The summed E-state index contributed by atoms with van der Waals surface area (Å²) < 4.78 is 1.98. The van der Waals surface area contributed by atoms with Gasteiger partial charge in [0.2, 0.25) is 0 Å². The van der Waals surface area contributed by atoms with Gasteiger partial charge in [0, 0.05) is 18.8 Å². The van der Waals surface area contributed by atoms with Crippen LogP contribution in [0.4, 0.5) is 0 Å². The summed E-state index contributed by atoms with van der Waals surface area (Å²) in [4.78, 5) is 15.4. The molecule has 6 heteroatoms. The van der Waals surface area contributed by atoms with E-state index in [1.165, 1.54) is 0 Å². The Morgan fingerprint density at radius 3 is 3.13 bits per heavy atom. The van der Waals surface area contributed by atoms with E-state index in [-0.39, 0.29) is 6.54 Å². The second kappa shape index (κ2) is 3.86. The first-order valence-electron chi connectivity index (χ1n) is 4.78. The van der Waals surface area contributed by atoms with Crippen LogP contribution in [0.2, 0.25) is 0 Å². The number of imidazole rings is 1. The Kier molecular flexibility index (Phi) is 2.70. The molecule has 1 unspecified atom stereocenters. The number of aryl methyl sites for hydroxylation is 1. The largest absolute Gasteiger partial charge is 0.481 e. The standard InChI is InChI=1S/C9H13N3O2S/c1-5-7(6(4-10)8(13)14)12-2-3-15-9(12)11-5/h6H,2-4,10H2,1H3,(H,13,14). The molecule has 0 bridgehead atoms. The first-order valence-corrected chi connectivity index (χ1v) is 5.76. The topological polar surface area (TPSA) is 81.1 Å². The Balaban J connectivity index is 2.46. The minimum Gasteiger partial charge on any atom is -0.481 e. The van der Waals surface area contributed by atoms with Crippen molar-refractivity contribution in [3.8, 4) is 0 Å². The Hall–Kier alpha value is -1.01. The molecular weight excluding hydrogens is 214 g/mol. The maximum absolute atomic E-state index is 11.1. The lowest BCUT2D eigenvalue weighted by atomic mass is 10.0. The number of aliphatic carboxylic acids is 1. The van der Waals surface area contributed by atoms with E-state index in [1.807, 2.05) is 11.5 Å². The third-order valence-electron chi connectivity index (χ3n) is 2.57. The number of hydrogen-bond donors (Lipinski definition) is 2. The molecule has 0 spiro atoms. The van der Waals surface area contributed by atoms with E-state index < -0.39 is 11.9 Å². The molecule has 1 atom stereocenters. The zero-order valence-electron chi connectivity index (χ0n) is 8.43. The van der Waals surface area contributed by atoms with Gasteiger partial charge in [-0.3, -0.25) is 4.79 Å². The van der Waals surface area contributed by atoms with Crippen LogP contribution >= 0.6 is 11.8 Å². The van der Waals surface area contributed by atoms with Gasteiger partial charge in [-0.2, -0.15) is 0 Å². The average Bonchev–Trinajstić information content (AvgIpc) is 2.69. The van der Waals surface area contributed by atoms with Crippen molar-refractivity contribution in [2.24, 2.45) is 5.73 Å². The van der Waals surface area contributed by atoms with Crippen LogP contribution in [0.25, 0.3) is 0 Å². The van der Waals surface area contributed by atoms with E-state index in [1.54, 1.807) is 11.8 Å². The number of fused-ring (bicyclic) bond motifs is 1. The van der Waals surface area contributed by atoms with Crippen LogP contribution in [0.1, 0.15) is 17.3 Å². The van der Waals surface area contributed by atoms with Crippen LogP contribution in [0.15, 0.2) is 5.16 Å². The summed E-state index contributed by atoms with van der Waals surface area (Å²) in [6, 6.07) is 0. The number of carbonyl (C=O) groups is 1. The number of carboxylic acid groups (broad SMARTS) is 1. The molecular formula is C9H13N3O2S. The van der Waals surface area contributed by atoms with E-state index in [0.717, 1.165) is 28.8 Å². The molecule has 0 fully saturated rings. The van der Waals surface area contributed by atoms with Crippen LogP contribution < -0.4 is 5.73 Å². The van der Waals surface area contributed by atoms with Crippen LogP contribution in [0.5, 0.6) is 0 Å². The maximum atomic E-state index is 11.1. The summed E-state index contributed by atoms with van der Waals surface area (Å²) in [5, 5.41) is 9.99. The monoisotopic (exact) mass is 227 g/mol. The van der Waals surface area contributed by atoms with Gasteiger partial charge in [-0.25, -0.2) is 4.98 Å². The van der Waals surface area contributed by atoms with Crippen molar-refractivity contribution in [1.82, 2.24) is 9.55 Å². The van der Waals surface area contributed by atoms with Crippen LogP contribution in [-0.4, -0.2) is 32.9 Å². The van der Waals surface area contributed by atoms with Gasteiger partial charge in [0.15, 0.2) is 5.16 Å². The normalized spacial score (nSPS) is 16.4. The van der Waals surface area contributed by atoms with Crippen molar-refractivity contribution >= 4 is 17.7 Å². The highest BCUT2D eigenvalue weighted by Crippen LogP contribution is 2.31. The number of thioether (sulfide) groups is 1. The molecule has 1 aromatic rings. The van der Waals surface area contributed by atoms with E-state index in [4.69, 9.17) is 10.8 Å². The Labute approximate surface area is 91.7 Å². The number of rotatable bonds is 3. The lowest BCUT2D eigenvalue weighted by Crippen LogP contribution is -2.24. The molecule has 1 aromatic heterocycles. The Morgan fingerprint density at radius 1 is 1.80 bits per heavy atom. The lowest BCUT2D eigenvalue weighted by molar-refractivity contribution is -0.138. The minimum atomic E-state index is -0.875. The molecule has 2 heterocycles. The molecule has 15 heavy (non-hydrogen) atoms. The number of hydrogen-bond acceptors (Lipinski definition) is 4. The molecule has 0 saturated heterocycles. The molecule has 5 nitrogen and oxygen atoms in total. The molecule has 0 saturated carbocycles. The van der Waals surface area contributed by atoms with Crippen molar-refractivity contribution in [2.45, 2.75) is 24.5 Å². The van der Waals surface area contributed by atoms with Gasteiger partial charge in [-0.05, 0) is 6.92 Å². The predicted octanol–water partition coefficient (Wildman–Crippen LogP) is 0.424. The SMILES string of the molecule is Cc1nc2n(c1C(CN)C(=O)O)CCS2. The molecule has 0 amide bonds. The van der Waals surface area contributed by atoms with Crippen LogP contribution in [0.3, 0.4) is 0 Å². The predicted molar refractivity (Wildman–Crippen MR) is 57.1 cm³/mol. The number of carboxylic acids is 1. The zero-order chi connectivity index (χ0) is 11.0.